The molecule has 11 aliphatic rings. The highest BCUT2D eigenvalue weighted by Gasteiger charge is 2.73. The molecule has 752 valence electrons. The molecule has 3 aliphatic heterocycles. The molecule has 1 aromatic heterocycles. The first-order valence-corrected chi connectivity index (χ1v) is 51.6. The third-order valence-electron chi connectivity index (χ3n) is 32.7. The minimum Gasteiger partial charge on any atom is -0.363 e. The first kappa shape index (κ1) is 106. The predicted molar refractivity (Wildman–Crippen MR) is 526 cm³/mol. The molecule has 16 atom stereocenters. The van der Waals surface area contributed by atoms with Crippen LogP contribution in [0, 0.1) is 79.8 Å². The average molecular weight is 1910 g/mol. The van der Waals surface area contributed by atoms with E-state index in [1.54, 1.807) is 26.0 Å². The maximum absolute atomic E-state index is 14.4. The number of thiophene rings is 1. The quantitative estimate of drug-likeness (QED) is 0.0192. The maximum Gasteiger partial charge on any atom is 0.315 e. The molecule has 30 nitrogen and oxygen atoms in total. The second-order valence-corrected chi connectivity index (χ2v) is 47.8. The normalized spacial score (nSPS) is 25.6. The van der Waals surface area contributed by atoms with Gasteiger partial charge in [-0.2, -0.15) is 11.3 Å². The minimum absolute atomic E-state index is 0.0799. The third kappa shape index (κ3) is 24.9. The van der Waals surface area contributed by atoms with Gasteiger partial charge in [0.25, 0.3) is 17.7 Å². The van der Waals surface area contributed by atoms with Gasteiger partial charge in [0.1, 0.15) is 36.3 Å². The highest BCUT2D eigenvalue weighted by atomic mass is 32.1. The van der Waals surface area contributed by atoms with Crippen LogP contribution >= 0.6 is 11.3 Å². The number of piperidine rings is 3. The van der Waals surface area contributed by atoms with Gasteiger partial charge in [0, 0.05) is 48.7 Å². The zero-order valence-electron chi connectivity index (χ0n) is 84.2. The van der Waals surface area contributed by atoms with Crippen LogP contribution in [0.4, 0.5) is 14.4 Å². The predicted octanol–water partition coefficient (Wildman–Crippen LogP) is 11.8. The number of carbonyl (C=O) groups excluding carboxylic acids is 15. The van der Waals surface area contributed by atoms with Gasteiger partial charge in [-0.05, 0) is 184 Å². The average Bonchev–Trinajstić information content (AvgIpc) is 1.53. The molecule has 4 unspecified atom stereocenters. The van der Waals surface area contributed by atoms with E-state index in [2.05, 4.69) is 144 Å². The Morgan fingerprint density at radius 3 is 1.14 bits per heavy atom. The van der Waals surface area contributed by atoms with Crippen molar-refractivity contribution in [2.24, 2.45) is 91.3 Å². The van der Waals surface area contributed by atoms with E-state index in [9.17, 15) is 71.9 Å². The highest BCUT2D eigenvalue weighted by Crippen LogP contribution is 2.67. The summed E-state index contributed by atoms with van der Waals surface area (Å²) >= 11 is 1.64. The van der Waals surface area contributed by atoms with Crippen LogP contribution in [0.25, 0.3) is 0 Å². The van der Waals surface area contributed by atoms with Crippen LogP contribution in [0.5, 0.6) is 0 Å². The van der Waals surface area contributed by atoms with Gasteiger partial charge in [-0.15, -0.1) is 6.58 Å². The van der Waals surface area contributed by atoms with E-state index >= 15 is 0 Å². The molecule has 3 aromatic rings. The smallest absolute Gasteiger partial charge is 0.315 e. The Kier molecular flexibility index (Phi) is 32.9. The van der Waals surface area contributed by atoms with Crippen molar-refractivity contribution in [1.82, 2.24) is 67.9 Å². The van der Waals surface area contributed by atoms with Gasteiger partial charge in [-0.25, -0.2) is 14.4 Å². The van der Waals surface area contributed by atoms with Crippen LogP contribution in [0.2, 0.25) is 0 Å². The fourth-order valence-corrected chi connectivity index (χ4v) is 24.5. The maximum atomic E-state index is 14.4. The zero-order chi connectivity index (χ0) is 100. The summed E-state index contributed by atoms with van der Waals surface area (Å²) in [5.41, 5.74) is 10.5. The molecule has 3 saturated heterocycles. The molecule has 8 saturated carbocycles. The van der Waals surface area contributed by atoms with Gasteiger partial charge in [0.15, 0.2) is 0 Å². The van der Waals surface area contributed by atoms with E-state index < -0.39 is 134 Å². The van der Waals surface area contributed by atoms with E-state index in [-0.39, 0.29) is 117 Å². The molecule has 31 heteroatoms. The number of carbonyl (C=O) groups is 15. The van der Waals surface area contributed by atoms with Crippen LogP contribution in [0.15, 0.2) is 90.1 Å². The summed E-state index contributed by atoms with van der Waals surface area (Å²) in [4.78, 5) is 205. The second-order valence-electron chi connectivity index (χ2n) is 47.0. The fraction of sp³-hybridized carbons (Fsp3) is 0.689. The van der Waals surface area contributed by atoms with Gasteiger partial charge in [0.05, 0.1) is 18.1 Å². The SMILES string of the molecule is C=CCNC(=O)C(=O)C(CCC)NC(=O)[C@@H]1[C@@H]2[C@H](CN1C(=O)[C@@H](NC(=O)NC1(Cc3ccccc3)CCCCC1)C(C)(C)C)C2(C)C.CC(C)(C)[C@H](NC(=O)NC1(Cc2ccsc2)CCCCC1)C(=O)N1C[C@H]2[C@@H]([C@H]1C(=O)NC(CC1CC1)C(=O)C(N)=O)C2(C)C.CC(c1ccccc1)C1(NC(=O)N[C@H](C(=O)N2C[C@H]3[C@@H]([C@H]2C(=O)NC(CC2CC2)C(=O)C(N)=O)C3(C)C)C(C)(C)C)CCCCC1. The van der Waals surface area contributed by atoms with Crippen molar-refractivity contribution in [1.29, 1.82) is 0 Å². The molecule has 15 amide bonds. The van der Waals surface area contributed by atoms with Gasteiger partial charge in [0.2, 0.25) is 52.8 Å². The topological polar surface area (TPSA) is 438 Å². The number of fused-ring (bicyclic) bond motifs is 3. The molecule has 2 aromatic carbocycles. The largest absolute Gasteiger partial charge is 0.363 e. The van der Waals surface area contributed by atoms with Gasteiger partial charge < -0.3 is 79.3 Å². The monoisotopic (exact) mass is 1910 g/mol. The van der Waals surface area contributed by atoms with E-state index in [0.29, 0.717) is 51.7 Å². The number of nitrogens with one attached hydrogen (secondary N) is 10. The number of ketones is 3. The third-order valence-corrected chi connectivity index (χ3v) is 33.4. The summed E-state index contributed by atoms with van der Waals surface area (Å²) in [6.45, 7) is 38.6. The van der Waals surface area contributed by atoms with Crippen LogP contribution in [0.3, 0.4) is 0 Å². The molecular weight excluding hydrogens is 1760 g/mol. The lowest BCUT2D eigenvalue weighted by atomic mass is 9.71. The lowest BCUT2D eigenvalue weighted by molar-refractivity contribution is -0.145. The van der Waals surface area contributed by atoms with E-state index in [0.717, 1.165) is 140 Å². The molecule has 11 fully saturated rings. The van der Waals surface area contributed by atoms with Crippen molar-refractivity contribution in [3.63, 3.8) is 0 Å². The Hall–Kier alpha value is -10.1. The number of amides is 15. The van der Waals surface area contributed by atoms with Crippen molar-refractivity contribution >= 4 is 99.9 Å². The molecule has 0 radical (unpaired) electrons. The first-order chi connectivity index (χ1) is 64.3. The Bertz CT molecular complexity index is 4910. The molecule has 0 bridgehead atoms. The van der Waals surface area contributed by atoms with Crippen molar-refractivity contribution in [2.75, 3.05) is 26.2 Å². The number of hydrogen-bond acceptors (Lipinski definition) is 16. The van der Waals surface area contributed by atoms with E-state index in [4.69, 9.17) is 11.5 Å². The Morgan fingerprint density at radius 2 is 0.803 bits per heavy atom. The number of hydrogen-bond donors (Lipinski definition) is 12. The fourth-order valence-electron chi connectivity index (χ4n) is 23.8. The lowest BCUT2D eigenvalue weighted by Gasteiger charge is -2.44. The van der Waals surface area contributed by atoms with Crippen molar-refractivity contribution in [2.45, 2.75) is 355 Å². The van der Waals surface area contributed by atoms with Gasteiger partial charge in [-0.3, -0.25) is 57.5 Å². The summed E-state index contributed by atoms with van der Waals surface area (Å²) in [5.74, 6) is -6.82. The number of nitrogens with two attached hydrogens (primary N) is 2. The Balaban J connectivity index is 0.000000185. The zero-order valence-corrected chi connectivity index (χ0v) is 85.0. The molecule has 8 aliphatic carbocycles. The molecule has 14 rings (SSSR count). The number of rotatable bonds is 35. The number of primary amides is 2. The summed E-state index contributed by atoms with van der Waals surface area (Å²) in [5, 5.41) is 34.1. The molecule has 137 heavy (non-hydrogen) atoms. The van der Waals surface area contributed by atoms with Crippen molar-refractivity contribution in [3.8, 4) is 0 Å². The second kappa shape index (κ2) is 42.5. The van der Waals surface area contributed by atoms with Crippen LogP contribution in [0.1, 0.15) is 288 Å². The summed E-state index contributed by atoms with van der Waals surface area (Å²) in [6, 6.07) is 13.2. The molecular formula is C106H157N15O15S. The number of likely N-dealkylation sites (tertiary alicyclic amines) is 3. The van der Waals surface area contributed by atoms with Crippen LogP contribution in [-0.2, 0) is 70.4 Å². The van der Waals surface area contributed by atoms with Gasteiger partial charge >= 0.3 is 18.1 Å². The highest BCUT2D eigenvalue weighted by molar-refractivity contribution is 7.08. The van der Waals surface area contributed by atoms with Crippen molar-refractivity contribution < 1.29 is 71.9 Å². The standard InChI is InChI=1S/C37H55N5O5.C36H53N5O5.C33H49N5O5S/c1-8-16-26(29(43)32(45)38-21-9-2)39-31(44)28-27-25(36(27,6)7)23-42(28)33(46)30(35(3,4)5)40-34(47)41-37(19-14-11-15-20-37)22-24-17-12-10-13-18-24;1-21(23-13-9-7-10-14-23)36(17-11-8-12-18-36)40-33(46)39-29(34(2,3)4)32(45)41-20-24-26(35(24,5)6)27(41)31(44)38-25(19-22-15-16-22)28(42)30(37)43;1-31(2,3)26(36-30(43)37-33(12-7-6-8-13-33)16-20-11-14-44-18-20)29(42)38-17-21-23(32(21,4)5)24(38)28(41)35-22(15-19-9-10-19)25(39)27(34)40/h9-10,12-13,17-18,25-28,30H,2,8,11,14-16,19-23H2,1,3-7H3,(H,38,45)(H,39,44)(H2,40,41,47);7,9-10,13-14,21-22,24-27,29H,8,11-12,15-20H2,1-6H3,(H2,37,43)(H,38,44)(H2,39,40,46);11,14,18-19,21-24,26H,6-10,12-13,15-17H2,1-5H3,(H2,34,40)(H,35,41)(H2,36,37,43)/t25-,26?,27-,28-,30+;21?,24-,25?,26-,27-,29+;21-,22?,23-,24-,26+/m000/s1. The van der Waals surface area contributed by atoms with Crippen LogP contribution < -0.4 is 64.6 Å². The van der Waals surface area contributed by atoms with Gasteiger partial charge in [-0.1, -0.05) is 274 Å². The first-order valence-electron chi connectivity index (χ1n) is 50.6. The molecule has 0 spiro atoms. The van der Waals surface area contributed by atoms with E-state index in [1.807, 2.05) is 111 Å². The summed E-state index contributed by atoms with van der Waals surface area (Å²) in [7, 11) is 0. The van der Waals surface area contributed by atoms with Crippen molar-refractivity contribution in [3.05, 3.63) is 107 Å². The number of nitrogens with zero attached hydrogens (tertiary/aromatic N) is 3. The van der Waals surface area contributed by atoms with Crippen LogP contribution in [-0.4, -0.2) is 200 Å². The molecule has 4 heterocycles. The number of urea groups is 3. The number of benzene rings is 2. The molecule has 14 N–H and O–H groups in total. The minimum atomic E-state index is -1.07. The Morgan fingerprint density at radius 1 is 0.453 bits per heavy atom. The lowest BCUT2D eigenvalue weighted by Crippen LogP contribution is -2.63. The van der Waals surface area contributed by atoms with E-state index in [1.165, 1.54) is 11.6 Å². The summed E-state index contributed by atoms with van der Waals surface area (Å²) < 4.78 is 0. The summed E-state index contributed by atoms with van der Waals surface area (Å²) in [6.07, 6.45) is 23.0. The Labute approximate surface area is 814 Å². The number of Topliss-reactive ketones (excluding diaryl/α,β-unsaturated/α-hetero) is 3.